The van der Waals surface area contributed by atoms with Crippen LogP contribution in [0.25, 0.3) is 0 Å². The Bertz CT molecular complexity index is 497. The monoisotopic (exact) mass is 261 g/mol. The summed E-state index contributed by atoms with van der Waals surface area (Å²) < 4.78 is 4.13. The highest BCUT2D eigenvalue weighted by Gasteiger charge is 2.04. The zero-order valence-electron chi connectivity index (χ0n) is 12.0. The molecule has 0 radical (unpaired) electrons. The van der Waals surface area contributed by atoms with Crippen molar-refractivity contribution < 1.29 is 0 Å². The molecule has 0 aromatic carbocycles. The predicted molar refractivity (Wildman–Crippen MR) is 75.7 cm³/mol. The van der Waals surface area contributed by atoms with Gasteiger partial charge in [-0.05, 0) is 18.5 Å². The van der Waals surface area contributed by atoms with Gasteiger partial charge in [0, 0.05) is 44.6 Å². The Morgan fingerprint density at radius 1 is 1.32 bits per heavy atom. The molecule has 2 heterocycles. The first-order valence-corrected chi connectivity index (χ1v) is 6.83. The average Bonchev–Trinajstić information content (AvgIpc) is 2.95. The number of nitrogens with one attached hydrogen (secondary N) is 1. The van der Waals surface area contributed by atoms with Gasteiger partial charge in [0.15, 0.2) is 0 Å². The minimum Gasteiger partial charge on any atom is -0.333 e. The van der Waals surface area contributed by atoms with Crippen LogP contribution in [0, 0.1) is 5.92 Å². The van der Waals surface area contributed by atoms with E-state index in [-0.39, 0.29) is 0 Å². The molecule has 2 rings (SSSR count). The number of hydrogen-bond acceptors (Lipinski definition) is 3. The number of imidazole rings is 1. The summed E-state index contributed by atoms with van der Waals surface area (Å²) in [4.78, 5) is 4.24. The van der Waals surface area contributed by atoms with Crippen LogP contribution in [0.3, 0.4) is 0 Å². The summed E-state index contributed by atoms with van der Waals surface area (Å²) in [6.07, 6.45) is 6.66. The van der Waals surface area contributed by atoms with E-state index < -0.39 is 0 Å². The van der Waals surface area contributed by atoms with Gasteiger partial charge in [-0.25, -0.2) is 4.98 Å². The minimum absolute atomic E-state index is 0.672. The molecule has 0 unspecified atom stereocenters. The second kappa shape index (κ2) is 6.52. The fraction of sp³-hybridized carbons (Fsp3) is 0.571. The van der Waals surface area contributed by atoms with Crippen LogP contribution in [0.4, 0.5) is 0 Å². The van der Waals surface area contributed by atoms with Crippen molar-refractivity contribution in [3.8, 4) is 0 Å². The van der Waals surface area contributed by atoms with Gasteiger partial charge in [0.2, 0.25) is 0 Å². The summed E-state index contributed by atoms with van der Waals surface area (Å²) in [5.74, 6) is 0.672. The standard InChI is InChI=1S/C14H23N5/c1-12(2)8-15-9-14-10-16-11-19(14)7-5-13-4-6-17-18(13)3/h4,6,10-12,15H,5,7-9H2,1-3H3. The van der Waals surface area contributed by atoms with Crippen LogP contribution < -0.4 is 5.32 Å². The van der Waals surface area contributed by atoms with Gasteiger partial charge in [-0.1, -0.05) is 13.8 Å². The van der Waals surface area contributed by atoms with Crippen LogP contribution >= 0.6 is 0 Å². The van der Waals surface area contributed by atoms with Crippen molar-refractivity contribution in [2.75, 3.05) is 6.54 Å². The third-order valence-corrected chi connectivity index (χ3v) is 3.19. The lowest BCUT2D eigenvalue weighted by Gasteiger charge is -2.10. The average molecular weight is 261 g/mol. The minimum atomic E-state index is 0.672. The zero-order chi connectivity index (χ0) is 13.7. The highest BCUT2D eigenvalue weighted by Crippen LogP contribution is 2.04. The van der Waals surface area contributed by atoms with Gasteiger partial charge >= 0.3 is 0 Å². The van der Waals surface area contributed by atoms with Crippen molar-refractivity contribution in [2.45, 2.75) is 33.4 Å². The van der Waals surface area contributed by atoms with Gasteiger partial charge in [0.1, 0.15) is 0 Å². The highest BCUT2D eigenvalue weighted by atomic mass is 15.3. The van der Waals surface area contributed by atoms with Gasteiger partial charge in [-0.15, -0.1) is 0 Å². The second-order valence-corrected chi connectivity index (χ2v) is 5.30. The molecule has 0 fully saturated rings. The van der Waals surface area contributed by atoms with Crippen molar-refractivity contribution in [1.82, 2.24) is 24.6 Å². The summed E-state index contributed by atoms with van der Waals surface area (Å²) in [5, 5.41) is 7.64. The third-order valence-electron chi connectivity index (χ3n) is 3.19. The Hall–Kier alpha value is -1.62. The van der Waals surface area contributed by atoms with Gasteiger partial charge in [0.25, 0.3) is 0 Å². The molecule has 0 amide bonds. The van der Waals surface area contributed by atoms with Crippen LogP contribution in [0.2, 0.25) is 0 Å². The molecule has 5 nitrogen and oxygen atoms in total. The van der Waals surface area contributed by atoms with Crippen molar-refractivity contribution in [3.63, 3.8) is 0 Å². The Morgan fingerprint density at radius 2 is 2.16 bits per heavy atom. The summed E-state index contributed by atoms with van der Waals surface area (Å²) >= 11 is 0. The molecule has 0 aliphatic carbocycles. The predicted octanol–water partition coefficient (Wildman–Crippen LogP) is 1.60. The largest absolute Gasteiger partial charge is 0.333 e. The molecule has 19 heavy (non-hydrogen) atoms. The second-order valence-electron chi connectivity index (χ2n) is 5.30. The molecule has 0 aliphatic heterocycles. The van der Waals surface area contributed by atoms with Crippen molar-refractivity contribution in [2.24, 2.45) is 13.0 Å². The van der Waals surface area contributed by atoms with Crippen LogP contribution in [0.15, 0.2) is 24.8 Å². The van der Waals surface area contributed by atoms with E-state index in [9.17, 15) is 0 Å². The molecular weight excluding hydrogens is 238 g/mol. The van der Waals surface area contributed by atoms with Gasteiger partial charge in [-0.2, -0.15) is 5.10 Å². The molecule has 0 saturated heterocycles. The Labute approximate surface area is 114 Å². The number of aryl methyl sites for hydroxylation is 3. The molecular formula is C14H23N5. The maximum atomic E-state index is 4.24. The first-order valence-electron chi connectivity index (χ1n) is 6.83. The first-order chi connectivity index (χ1) is 9.16. The molecule has 2 aromatic rings. The molecule has 0 bridgehead atoms. The molecule has 104 valence electrons. The lowest BCUT2D eigenvalue weighted by Crippen LogP contribution is -2.21. The quantitative estimate of drug-likeness (QED) is 0.823. The van der Waals surface area contributed by atoms with Crippen LogP contribution in [-0.2, 0) is 26.6 Å². The molecule has 1 N–H and O–H groups in total. The van der Waals surface area contributed by atoms with Crippen molar-refractivity contribution in [3.05, 3.63) is 36.2 Å². The Morgan fingerprint density at radius 3 is 2.84 bits per heavy atom. The van der Waals surface area contributed by atoms with Crippen LogP contribution in [-0.4, -0.2) is 25.9 Å². The molecule has 0 atom stereocenters. The zero-order valence-corrected chi connectivity index (χ0v) is 12.0. The fourth-order valence-electron chi connectivity index (χ4n) is 2.07. The maximum absolute atomic E-state index is 4.24. The fourth-order valence-corrected chi connectivity index (χ4v) is 2.07. The summed E-state index contributed by atoms with van der Waals surface area (Å²) in [6.45, 7) is 7.29. The number of rotatable bonds is 7. The van der Waals surface area contributed by atoms with E-state index in [0.29, 0.717) is 5.92 Å². The summed E-state index contributed by atoms with van der Waals surface area (Å²) in [5.41, 5.74) is 2.48. The SMILES string of the molecule is CC(C)CNCc1cncn1CCc1ccnn1C. The normalized spacial score (nSPS) is 11.4. The van der Waals surface area contributed by atoms with Crippen LogP contribution in [0.5, 0.6) is 0 Å². The molecule has 2 aromatic heterocycles. The highest BCUT2D eigenvalue weighted by molar-refractivity contribution is 5.02. The summed E-state index contributed by atoms with van der Waals surface area (Å²) in [7, 11) is 1.98. The number of hydrogen-bond donors (Lipinski definition) is 1. The molecule has 5 heteroatoms. The molecule has 0 aliphatic rings. The number of aromatic nitrogens is 4. The van der Waals surface area contributed by atoms with E-state index in [1.54, 1.807) is 0 Å². The van der Waals surface area contributed by atoms with Gasteiger partial charge in [-0.3, -0.25) is 4.68 Å². The van der Waals surface area contributed by atoms with E-state index in [1.165, 1.54) is 11.4 Å². The van der Waals surface area contributed by atoms with Crippen molar-refractivity contribution in [1.29, 1.82) is 0 Å². The van der Waals surface area contributed by atoms with E-state index in [0.717, 1.165) is 26.1 Å². The van der Waals surface area contributed by atoms with Gasteiger partial charge in [0.05, 0.1) is 12.0 Å². The Balaban J connectivity index is 1.87. The molecule has 0 saturated carbocycles. The summed E-state index contributed by atoms with van der Waals surface area (Å²) in [6, 6.07) is 2.06. The maximum Gasteiger partial charge on any atom is 0.0948 e. The molecule has 0 spiro atoms. The van der Waals surface area contributed by atoms with Crippen molar-refractivity contribution >= 4 is 0 Å². The third kappa shape index (κ3) is 3.92. The smallest absolute Gasteiger partial charge is 0.0948 e. The van der Waals surface area contributed by atoms with E-state index in [2.05, 4.69) is 39.9 Å². The Kier molecular flexibility index (Phi) is 4.74. The van der Waals surface area contributed by atoms with E-state index in [1.807, 2.05) is 30.5 Å². The van der Waals surface area contributed by atoms with Crippen LogP contribution in [0.1, 0.15) is 25.2 Å². The lowest BCUT2D eigenvalue weighted by atomic mass is 10.2. The first kappa shape index (κ1) is 13.8. The number of nitrogens with zero attached hydrogens (tertiary/aromatic N) is 4. The van der Waals surface area contributed by atoms with E-state index >= 15 is 0 Å². The van der Waals surface area contributed by atoms with E-state index in [4.69, 9.17) is 0 Å². The lowest BCUT2D eigenvalue weighted by molar-refractivity contribution is 0.531. The topological polar surface area (TPSA) is 47.7 Å². The van der Waals surface area contributed by atoms with Gasteiger partial charge < -0.3 is 9.88 Å².